The van der Waals surface area contributed by atoms with E-state index in [1.165, 1.54) is 16.0 Å². The van der Waals surface area contributed by atoms with Crippen LogP contribution in [-0.4, -0.2) is 54.5 Å². The Labute approximate surface area is 207 Å². The highest BCUT2D eigenvalue weighted by molar-refractivity contribution is 5.93. The number of carbonyl (C=O) groups is 3. The molecule has 0 spiro atoms. The number of ether oxygens (including phenoxy) is 2. The molecule has 35 heavy (non-hydrogen) atoms. The fraction of sp³-hybridized carbons (Fsp3) is 0.464. The summed E-state index contributed by atoms with van der Waals surface area (Å²) in [4.78, 5) is 39.5. The molecule has 1 N–H and O–H groups in total. The van der Waals surface area contributed by atoms with Crippen LogP contribution in [0.25, 0.3) is 0 Å². The Morgan fingerprint density at radius 1 is 1.09 bits per heavy atom. The Balaban J connectivity index is 1.53. The van der Waals surface area contributed by atoms with Crippen LogP contribution in [0.5, 0.6) is 5.75 Å². The molecule has 2 atom stereocenters. The zero-order valence-corrected chi connectivity index (χ0v) is 21.1. The monoisotopic (exact) mass is 480 g/mol. The van der Waals surface area contributed by atoms with Crippen LogP contribution >= 0.6 is 0 Å². The summed E-state index contributed by atoms with van der Waals surface area (Å²) in [5, 5.41) is 2.74. The maximum atomic E-state index is 13.2. The normalized spacial score (nSPS) is 16.9. The third-order valence-corrected chi connectivity index (χ3v) is 6.07. The van der Waals surface area contributed by atoms with Gasteiger partial charge in [0.15, 0.2) is 6.10 Å². The molecule has 1 aliphatic heterocycles. The summed E-state index contributed by atoms with van der Waals surface area (Å²) < 4.78 is 11.2. The summed E-state index contributed by atoms with van der Waals surface area (Å²) >= 11 is 0. The second-order valence-electron chi connectivity index (χ2n) is 9.89. The number of piperazine rings is 1. The SMILES string of the molecule is CC(Oc1ccc(C(C)(C)C)cc1)C(=O)N1CCNC(=O)C1CC(=O)OCCCc1ccccc1. The van der Waals surface area contributed by atoms with Crippen LogP contribution in [0.15, 0.2) is 54.6 Å². The van der Waals surface area contributed by atoms with Crippen molar-refractivity contribution in [1.82, 2.24) is 10.2 Å². The summed E-state index contributed by atoms with van der Waals surface area (Å²) in [6, 6.07) is 16.7. The Kier molecular flexibility index (Phi) is 8.90. The van der Waals surface area contributed by atoms with E-state index in [0.29, 0.717) is 25.3 Å². The van der Waals surface area contributed by atoms with Crippen LogP contribution in [0.1, 0.15) is 51.7 Å². The lowest BCUT2D eigenvalue weighted by molar-refractivity contribution is -0.154. The highest BCUT2D eigenvalue weighted by atomic mass is 16.5. The van der Waals surface area contributed by atoms with E-state index in [-0.39, 0.29) is 30.3 Å². The lowest BCUT2D eigenvalue weighted by Gasteiger charge is -2.36. The molecule has 0 saturated carbocycles. The van der Waals surface area contributed by atoms with E-state index in [4.69, 9.17) is 9.47 Å². The fourth-order valence-electron chi connectivity index (χ4n) is 4.03. The molecule has 2 aromatic carbocycles. The molecule has 2 aromatic rings. The number of rotatable bonds is 9. The van der Waals surface area contributed by atoms with Gasteiger partial charge in [0.1, 0.15) is 11.8 Å². The van der Waals surface area contributed by atoms with Crippen molar-refractivity contribution in [3.63, 3.8) is 0 Å². The van der Waals surface area contributed by atoms with Crippen LogP contribution in [0.2, 0.25) is 0 Å². The van der Waals surface area contributed by atoms with Gasteiger partial charge in [-0.25, -0.2) is 0 Å². The van der Waals surface area contributed by atoms with Crippen molar-refractivity contribution in [2.45, 2.75) is 64.5 Å². The molecule has 2 unspecified atom stereocenters. The summed E-state index contributed by atoms with van der Waals surface area (Å²) in [5.74, 6) is -0.604. The minimum Gasteiger partial charge on any atom is -0.481 e. The van der Waals surface area contributed by atoms with Gasteiger partial charge in [-0.15, -0.1) is 0 Å². The molecule has 1 fully saturated rings. The van der Waals surface area contributed by atoms with Crippen molar-refractivity contribution in [3.8, 4) is 5.75 Å². The van der Waals surface area contributed by atoms with Gasteiger partial charge in [0.2, 0.25) is 5.91 Å². The first kappa shape index (κ1) is 26.3. The molecule has 7 heteroatoms. The molecule has 188 valence electrons. The van der Waals surface area contributed by atoms with Gasteiger partial charge >= 0.3 is 5.97 Å². The molecule has 3 rings (SSSR count). The van der Waals surface area contributed by atoms with Gasteiger partial charge in [-0.3, -0.25) is 14.4 Å². The molecular formula is C28H36N2O5. The Morgan fingerprint density at radius 3 is 2.43 bits per heavy atom. The maximum Gasteiger partial charge on any atom is 0.308 e. The second kappa shape index (κ2) is 11.9. The van der Waals surface area contributed by atoms with Gasteiger partial charge in [-0.05, 0) is 48.4 Å². The second-order valence-corrected chi connectivity index (χ2v) is 9.89. The van der Waals surface area contributed by atoms with E-state index >= 15 is 0 Å². The van der Waals surface area contributed by atoms with Crippen molar-refractivity contribution in [1.29, 1.82) is 0 Å². The van der Waals surface area contributed by atoms with Crippen molar-refractivity contribution in [2.24, 2.45) is 0 Å². The Bertz CT molecular complexity index is 998. The van der Waals surface area contributed by atoms with E-state index in [9.17, 15) is 14.4 Å². The van der Waals surface area contributed by atoms with Crippen molar-refractivity contribution in [3.05, 3.63) is 65.7 Å². The number of nitrogens with zero attached hydrogens (tertiary/aromatic N) is 1. The molecule has 7 nitrogen and oxygen atoms in total. The largest absolute Gasteiger partial charge is 0.481 e. The number of aryl methyl sites for hydroxylation is 1. The van der Waals surface area contributed by atoms with Crippen molar-refractivity contribution < 1.29 is 23.9 Å². The minimum absolute atomic E-state index is 0.0184. The van der Waals surface area contributed by atoms with Gasteiger partial charge in [-0.2, -0.15) is 0 Å². The van der Waals surface area contributed by atoms with E-state index < -0.39 is 18.1 Å². The summed E-state index contributed by atoms with van der Waals surface area (Å²) in [5.41, 5.74) is 2.36. The van der Waals surface area contributed by atoms with Crippen LogP contribution in [0.3, 0.4) is 0 Å². The minimum atomic E-state index is -0.910. The van der Waals surface area contributed by atoms with Crippen LogP contribution < -0.4 is 10.1 Å². The molecule has 1 heterocycles. The van der Waals surface area contributed by atoms with Crippen LogP contribution in [0.4, 0.5) is 0 Å². The summed E-state index contributed by atoms with van der Waals surface area (Å²) in [6.45, 7) is 8.96. The predicted octanol–water partition coefficient (Wildman–Crippen LogP) is 3.64. The molecule has 0 bridgehead atoms. The summed E-state index contributed by atoms with van der Waals surface area (Å²) in [6.07, 6.45) is 0.504. The number of amides is 2. The quantitative estimate of drug-likeness (QED) is 0.438. The predicted molar refractivity (Wildman–Crippen MR) is 134 cm³/mol. The Hall–Kier alpha value is -3.35. The molecular weight excluding hydrogens is 444 g/mol. The van der Waals surface area contributed by atoms with Gasteiger partial charge < -0.3 is 19.7 Å². The standard InChI is InChI=1S/C28H36N2O5/c1-20(35-23-14-12-22(13-15-23)28(2,3)4)27(33)30-17-16-29-26(32)24(30)19-25(31)34-18-8-11-21-9-6-5-7-10-21/h5-7,9-10,12-15,20,24H,8,11,16-19H2,1-4H3,(H,29,32). The van der Waals surface area contributed by atoms with E-state index in [0.717, 1.165) is 6.42 Å². The fourth-order valence-corrected chi connectivity index (χ4v) is 4.03. The Morgan fingerprint density at radius 2 is 1.77 bits per heavy atom. The molecule has 1 aliphatic rings. The maximum absolute atomic E-state index is 13.2. The lowest BCUT2D eigenvalue weighted by Crippen LogP contribution is -2.60. The number of hydrogen-bond acceptors (Lipinski definition) is 5. The highest BCUT2D eigenvalue weighted by Crippen LogP contribution is 2.25. The van der Waals surface area contributed by atoms with E-state index in [1.807, 2.05) is 54.6 Å². The molecule has 2 amide bonds. The highest BCUT2D eigenvalue weighted by Gasteiger charge is 2.37. The number of esters is 1. The van der Waals surface area contributed by atoms with Crippen molar-refractivity contribution in [2.75, 3.05) is 19.7 Å². The van der Waals surface area contributed by atoms with Gasteiger partial charge in [0.05, 0.1) is 13.0 Å². The number of benzene rings is 2. The summed E-state index contributed by atoms with van der Waals surface area (Å²) in [7, 11) is 0. The zero-order valence-electron chi connectivity index (χ0n) is 21.1. The number of carbonyl (C=O) groups excluding carboxylic acids is 3. The van der Waals surface area contributed by atoms with Gasteiger partial charge in [0, 0.05) is 13.1 Å². The topological polar surface area (TPSA) is 84.9 Å². The zero-order chi connectivity index (χ0) is 25.4. The average Bonchev–Trinajstić information content (AvgIpc) is 2.83. The third-order valence-electron chi connectivity index (χ3n) is 6.07. The molecule has 0 aromatic heterocycles. The van der Waals surface area contributed by atoms with Gasteiger partial charge in [-0.1, -0.05) is 63.2 Å². The first-order valence-electron chi connectivity index (χ1n) is 12.2. The molecule has 0 radical (unpaired) electrons. The average molecular weight is 481 g/mol. The first-order valence-corrected chi connectivity index (χ1v) is 12.2. The van der Waals surface area contributed by atoms with Gasteiger partial charge in [0.25, 0.3) is 5.91 Å². The lowest BCUT2D eigenvalue weighted by atomic mass is 9.87. The third kappa shape index (κ3) is 7.57. The van der Waals surface area contributed by atoms with E-state index in [2.05, 4.69) is 26.1 Å². The van der Waals surface area contributed by atoms with Crippen molar-refractivity contribution >= 4 is 17.8 Å². The van der Waals surface area contributed by atoms with Crippen LogP contribution in [-0.2, 0) is 31.0 Å². The first-order chi connectivity index (χ1) is 16.6. The smallest absolute Gasteiger partial charge is 0.308 e. The molecule has 0 aliphatic carbocycles. The van der Waals surface area contributed by atoms with Crippen LogP contribution in [0, 0.1) is 0 Å². The molecule has 1 saturated heterocycles. The number of hydrogen-bond donors (Lipinski definition) is 1. The van der Waals surface area contributed by atoms with E-state index in [1.54, 1.807) is 6.92 Å². The number of nitrogens with one attached hydrogen (secondary N) is 1.